The van der Waals surface area contributed by atoms with E-state index in [1.807, 2.05) is 0 Å². The van der Waals surface area contributed by atoms with Gasteiger partial charge in [0.1, 0.15) is 29.8 Å². The highest BCUT2D eigenvalue weighted by atomic mass is 35.5. The van der Waals surface area contributed by atoms with Crippen molar-refractivity contribution < 1.29 is 20.1 Å². The van der Waals surface area contributed by atoms with E-state index in [-0.39, 0.29) is 5.15 Å². The molecule has 1 aliphatic heterocycles. The normalized spacial score (nSPS) is 27.3. The molecule has 0 aliphatic carbocycles. The molecule has 4 rings (SSSR count). The molecular weight excluding hydrogens is 443 g/mol. The van der Waals surface area contributed by atoms with Crippen LogP contribution in [0.15, 0.2) is 41.8 Å². The van der Waals surface area contributed by atoms with Crippen molar-refractivity contribution in [2.24, 2.45) is 0 Å². The number of halogens is 2. The number of aliphatic hydroxyl groups is 3. The van der Waals surface area contributed by atoms with Gasteiger partial charge in [0.05, 0.1) is 17.8 Å². The monoisotopic (exact) mass is 458 g/mol. The lowest BCUT2D eigenvalue weighted by Crippen LogP contribution is -2.55. The average molecular weight is 459 g/mol. The maximum atomic E-state index is 10.9. The first-order valence-electron chi connectivity index (χ1n) is 8.49. The zero-order chi connectivity index (χ0) is 20.5. The summed E-state index contributed by atoms with van der Waals surface area (Å²) in [6, 6.07) is 2.35. The van der Waals surface area contributed by atoms with Crippen molar-refractivity contribution in [3.8, 4) is 5.82 Å². The van der Waals surface area contributed by atoms with Gasteiger partial charge >= 0.3 is 0 Å². The summed E-state index contributed by atoms with van der Waals surface area (Å²) in [6.45, 7) is -0.439. The number of thioether (sulfide) groups is 1. The minimum Gasteiger partial charge on any atom is -0.394 e. The third-order valence-corrected chi connectivity index (χ3v) is 5.90. The fraction of sp³-hybridized carbons (Fsp3) is 0.375. The summed E-state index contributed by atoms with van der Waals surface area (Å²) in [5.41, 5.74) is -0.812. The topological polar surface area (TPSA) is 131 Å². The number of pyridine rings is 1. The molecule has 13 heteroatoms. The molecular formula is C16H16Cl2N6O4S. The van der Waals surface area contributed by atoms with Gasteiger partial charge < -0.3 is 20.1 Å². The van der Waals surface area contributed by atoms with Crippen LogP contribution in [0, 0.1) is 0 Å². The van der Waals surface area contributed by atoms with E-state index in [1.165, 1.54) is 33.5 Å². The van der Waals surface area contributed by atoms with Crippen LogP contribution in [0.5, 0.6) is 0 Å². The number of ether oxygens (including phenoxy) is 1. The molecule has 1 fully saturated rings. The van der Waals surface area contributed by atoms with Gasteiger partial charge in [0.25, 0.3) is 0 Å². The predicted octanol–water partition coefficient (Wildman–Crippen LogP) is 0.938. The summed E-state index contributed by atoms with van der Waals surface area (Å²) in [6.07, 6.45) is 2.87. The Labute approximate surface area is 179 Å². The summed E-state index contributed by atoms with van der Waals surface area (Å²) >= 11 is 13.0. The standard InChI is InChI=1S/C16H16Cl2N6O4S/c17-8-3-9(5-19-4-8)29-16-15(27)13(14(26)10(7-25)28-16)24-6-12(20-22-24)23-2-1-11(18)21-23/h1-6,10,13-16,25-27H,7H2/t10-,13+,14+,15-,16-/m1/s1. The molecule has 1 aliphatic rings. The Hall–Kier alpha value is -1.73. The first kappa shape index (κ1) is 20.5. The molecule has 5 atom stereocenters. The Balaban J connectivity index is 1.61. The molecule has 0 bridgehead atoms. The van der Waals surface area contributed by atoms with Crippen molar-refractivity contribution in [1.29, 1.82) is 0 Å². The van der Waals surface area contributed by atoms with Crippen molar-refractivity contribution in [3.63, 3.8) is 0 Å². The summed E-state index contributed by atoms with van der Waals surface area (Å²) in [5.74, 6) is 0.353. The maximum absolute atomic E-state index is 10.9. The summed E-state index contributed by atoms with van der Waals surface area (Å²) in [5, 5.41) is 44.0. The highest BCUT2D eigenvalue weighted by Crippen LogP contribution is 2.38. The van der Waals surface area contributed by atoms with Crippen molar-refractivity contribution in [2.45, 2.75) is 34.7 Å². The molecule has 154 valence electrons. The highest BCUT2D eigenvalue weighted by Gasteiger charge is 2.46. The van der Waals surface area contributed by atoms with Gasteiger partial charge in [0.2, 0.25) is 0 Å². The molecule has 3 aromatic rings. The van der Waals surface area contributed by atoms with Gasteiger partial charge in [-0.3, -0.25) is 4.98 Å². The second-order valence-corrected chi connectivity index (χ2v) is 8.29. The van der Waals surface area contributed by atoms with Gasteiger partial charge in [-0.1, -0.05) is 40.2 Å². The molecule has 1 saturated heterocycles. The van der Waals surface area contributed by atoms with Crippen LogP contribution in [-0.4, -0.2) is 75.4 Å². The van der Waals surface area contributed by atoms with Gasteiger partial charge in [-0.2, -0.15) is 5.10 Å². The van der Waals surface area contributed by atoms with E-state index >= 15 is 0 Å². The number of aromatic nitrogens is 6. The molecule has 3 N–H and O–H groups in total. The van der Waals surface area contributed by atoms with E-state index in [2.05, 4.69) is 20.4 Å². The number of rotatable bonds is 5. The Morgan fingerprint density at radius 3 is 2.72 bits per heavy atom. The Morgan fingerprint density at radius 2 is 2.03 bits per heavy atom. The van der Waals surface area contributed by atoms with Crippen LogP contribution in [0.25, 0.3) is 5.82 Å². The quantitative estimate of drug-likeness (QED) is 0.510. The number of aliphatic hydroxyl groups excluding tert-OH is 3. The van der Waals surface area contributed by atoms with E-state index < -0.39 is 36.4 Å². The van der Waals surface area contributed by atoms with Crippen LogP contribution in [0.1, 0.15) is 6.04 Å². The average Bonchev–Trinajstić information content (AvgIpc) is 3.33. The molecule has 0 amide bonds. The zero-order valence-electron chi connectivity index (χ0n) is 14.7. The Morgan fingerprint density at radius 1 is 1.21 bits per heavy atom. The zero-order valence-corrected chi connectivity index (χ0v) is 17.0. The van der Waals surface area contributed by atoms with Gasteiger partial charge in [-0.05, 0) is 12.1 Å². The number of nitrogens with zero attached hydrogens (tertiary/aromatic N) is 6. The number of hydrogen-bond acceptors (Lipinski definition) is 9. The van der Waals surface area contributed by atoms with E-state index in [9.17, 15) is 15.3 Å². The minimum absolute atomic E-state index is 0.289. The van der Waals surface area contributed by atoms with E-state index in [0.717, 1.165) is 0 Å². The van der Waals surface area contributed by atoms with Crippen molar-refractivity contribution in [1.82, 2.24) is 29.8 Å². The van der Waals surface area contributed by atoms with Gasteiger partial charge in [-0.25, -0.2) is 9.36 Å². The molecule has 0 saturated carbocycles. The van der Waals surface area contributed by atoms with Crippen LogP contribution >= 0.6 is 35.0 Å². The van der Waals surface area contributed by atoms with E-state index in [0.29, 0.717) is 15.7 Å². The fourth-order valence-electron chi connectivity index (χ4n) is 3.02. The molecule has 0 unspecified atom stereocenters. The second kappa shape index (κ2) is 8.56. The number of hydrogen-bond donors (Lipinski definition) is 3. The maximum Gasteiger partial charge on any atom is 0.195 e. The molecule has 0 aromatic carbocycles. The molecule has 29 heavy (non-hydrogen) atoms. The molecule has 4 heterocycles. The van der Waals surface area contributed by atoms with Gasteiger partial charge in [-0.15, -0.1) is 5.10 Å². The molecule has 0 radical (unpaired) electrons. The fourth-order valence-corrected chi connectivity index (χ4v) is 4.48. The van der Waals surface area contributed by atoms with E-state index in [4.69, 9.17) is 27.9 Å². The first-order chi connectivity index (χ1) is 14.0. The summed E-state index contributed by atoms with van der Waals surface area (Å²) in [7, 11) is 0. The highest BCUT2D eigenvalue weighted by molar-refractivity contribution is 7.99. The first-order valence-corrected chi connectivity index (χ1v) is 10.1. The van der Waals surface area contributed by atoms with Crippen LogP contribution in [0.3, 0.4) is 0 Å². The van der Waals surface area contributed by atoms with E-state index in [1.54, 1.807) is 24.5 Å². The van der Waals surface area contributed by atoms with Crippen molar-refractivity contribution >= 4 is 35.0 Å². The van der Waals surface area contributed by atoms with Crippen LogP contribution in [-0.2, 0) is 4.74 Å². The molecule has 0 spiro atoms. The second-order valence-electron chi connectivity index (χ2n) is 6.29. The SMILES string of the molecule is OC[C@H]1O[C@H](Sc2cncc(Cl)c2)[C@H](O)[C@@H](n2cc(-n3ccc(Cl)n3)nn2)[C@H]1O. The lowest BCUT2D eigenvalue weighted by molar-refractivity contribution is -0.178. The molecule has 3 aromatic heterocycles. The summed E-state index contributed by atoms with van der Waals surface area (Å²) in [4.78, 5) is 4.67. The lowest BCUT2D eigenvalue weighted by Gasteiger charge is -2.41. The van der Waals surface area contributed by atoms with Crippen LogP contribution < -0.4 is 0 Å². The van der Waals surface area contributed by atoms with Gasteiger partial charge in [0, 0.05) is 23.5 Å². The Kier molecular flexibility index (Phi) is 6.06. The van der Waals surface area contributed by atoms with Crippen LogP contribution in [0.4, 0.5) is 0 Å². The predicted molar refractivity (Wildman–Crippen MR) is 104 cm³/mol. The van der Waals surface area contributed by atoms with Crippen LogP contribution in [0.2, 0.25) is 10.2 Å². The van der Waals surface area contributed by atoms with Crippen molar-refractivity contribution in [2.75, 3.05) is 6.61 Å². The third kappa shape index (κ3) is 4.26. The molecule has 10 nitrogen and oxygen atoms in total. The summed E-state index contributed by atoms with van der Waals surface area (Å²) < 4.78 is 8.44. The van der Waals surface area contributed by atoms with Crippen molar-refractivity contribution in [3.05, 3.63) is 47.1 Å². The Bertz CT molecular complexity index is 988. The van der Waals surface area contributed by atoms with Gasteiger partial charge in [0.15, 0.2) is 11.0 Å². The lowest BCUT2D eigenvalue weighted by atomic mass is 9.97. The third-order valence-electron chi connectivity index (χ3n) is 4.38. The smallest absolute Gasteiger partial charge is 0.195 e. The largest absolute Gasteiger partial charge is 0.394 e. The minimum atomic E-state index is -1.22.